The van der Waals surface area contributed by atoms with Crippen LogP contribution in [-0.4, -0.2) is 34.7 Å². The van der Waals surface area contributed by atoms with Crippen molar-refractivity contribution in [3.8, 4) is 17.2 Å². The molecule has 116 valence electrons. The highest BCUT2D eigenvalue weighted by atomic mass is 16.5. The van der Waals surface area contributed by atoms with E-state index < -0.39 is 5.91 Å². The largest absolute Gasteiger partial charge is 0.507 e. The summed E-state index contributed by atoms with van der Waals surface area (Å²) >= 11 is 0. The summed E-state index contributed by atoms with van der Waals surface area (Å²) in [5, 5.41) is 19.6. The lowest BCUT2D eigenvalue weighted by Crippen LogP contribution is -2.30. The molecule has 0 fully saturated rings. The van der Waals surface area contributed by atoms with Crippen LogP contribution in [-0.2, 0) is 6.54 Å². The molecule has 2 aromatic rings. The molecule has 0 saturated heterocycles. The molecule has 0 aliphatic rings. The molecule has 2 aromatic carbocycles. The number of rotatable bonds is 5. The second kappa shape index (κ2) is 6.85. The summed E-state index contributed by atoms with van der Waals surface area (Å²) in [5.74, 6) is -0.109. The van der Waals surface area contributed by atoms with Crippen LogP contribution in [0.25, 0.3) is 0 Å². The first-order chi connectivity index (χ1) is 10.6. The molecule has 5 nitrogen and oxygen atoms in total. The highest BCUT2D eigenvalue weighted by Crippen LogP contribution is 2.28. The van der Waals surface area contributed by atoms with E-state index in [9.17, 15) is 15.0 Å². The van der Waals surface area contributed by atoms with Crippen LogP contribution in [0.5, 0.6) is 17.2 Å². The first kappa shape index (κ1) is 15.7. The minimum absolute atomic E-state index is 0.0714. The van der Waals surface area contributed by atoms with Crippen LogP contribution in [0.2, 0.25) is 0 Å². The van der Waals surface area contributed by atoms with E-state index in [-0.39, 0.29) is 17.1 Å². The number of phenols is 2. The summed E-state index contributed by atoms with van der Waals surface area (Å²) in [6.45, 7) is 2.68. The van der Waals surface area contributed by atoms with Gasteiger partial charge in [-0.2, -0.15) is 0 Å². The zero-order valence-corrected chi connectivity index (χ0v) is 12.6. The number of carbonyl (C=O) groups excluding carboxylic acids is 1. The summed E-state index contributed by atoms with van der Waals surface area (Å²) in [5.41, 5.74) is 0.865. The molecule has 0 aliphatic heterocycles. The molecular formula is C17H19NO4. The number of amides is 1. The third kappa shape index (κ3) is 3.31. The predicted molar refractivity (Wildman–Crippen MR) is 83.2 cm³/mol. The minimum atomic E-state index is -0.408. The number of methoxy groups -OCH3 is 1. The molecular weight excluding hydrogens is 282 g/mol. The van der Waals surface area contributed by atoms with E-state index in [1.54, 1.807) is 12.0 Å². The van der Waals surface area contributed by atoms with Gasteiger partial charge >= 0.3 is 0 Å². The maximum atomic E-state index is 12.5. The normalized spacial score (nSPS) is 10.3. The Hall–Kier alpha value is -2.69. The molecule has 0 bridgehead atoms. The number of hydrogen-bond donors (Lipinski definition) is 2. The lowest BCUT2D eigenvalue weighted by atomic mass is 10.1. The molecule has 2 rings (SSSR count). The molecule has 22 heavy (non-hydrogen) atoms. The molecule has 5 heteroatoms. The third-order valence-corrected chi connectivity index (χ3v) is 3.44. The zero-order valence-electron chi connectivity index (χ0n) is 12.6. The van der Waals surface area contributed by atoms with E-state index in [0.29, 0.717) is 13.1 Å². The maximum Gasteiger partial charge on any atom is 0.261 e. The van der Waals surface area contributed by atoms with E-state index >= 15 is 0 Å². The van der Waals surface area contributed by atoms with E-state index in [2.05, 4.69) is 0 Å². The van der Waals surface area contributed by atoms with E-state index in [0.717, 1.165) is 11.3 Å². The summed E-state index contributed by atoms with van der Waals surface area (Å²) in [6, 6.07) is 11.7. The Morgan fingerprint density at radius 1 is 1.09 bits per heavy atom. The Kier molecular flexibility index (Phi) is 4.88. The van der Waals surface area contributed by atoms with Gasteiger partial charge in [0.25, 0.3) is 5.91 Å². The highest BCUT2D eigenvalue weighted by molar-refractivity contribution is 5.99. The van der Waals surface area contributed by atoms with Gasteiger partial charge in [-0.25, -0.2) is 0 Å². The monoisotopic (exact) mass is 301 g/mol. The number of nitrogens with zero attached hydrogens (tertiary/aromatic N) is 1. The minimum Gasteiger partial charge on any atom is -0.507 e. The Labute approximate surface area is 129 Å². The van der Waals surface area contributed by atoms with Crippen molar-refractivity contribution in [2.45, 2.75) is 13.5 Å². The topological polar surface area (TPSA) is 70.0 Å². The first-order valence-electron chi connectivity index (χ1n) is 7.00. The van der Waals surface area contributed by atoms with Crippen molar-refractivity contribution in [3.63, 3.8) is 0 Å². The van der Waals surface area contributed by atoms with Gasteiger partial charge in [-0.05, 0) is 36.8 Å². The quantitative estimate of drug-likeness (QED) is 0.891. The molecule has 0 spiro atoms. The van der Waals surface area contributed by atoms with Crippen molar-refractivity contribution in [1.29, 1.82) is 0 Å². The number of ether oxygens (including phenoxy) is 1. The molecule has 0 heterocycles. The maximum absolute atomic E-state index is 12.5. The molecule has 0 saturated carbocycles. The smallest absolute Gasteiger partial charge is 0.261 e. The highest BCUT2D eigenvalue weighted by Gasteiger charge is 2.21. The van der Waals surface area contributed by atoms with Crippen molar-refractivity contribution in [3.05, 3.63) is 53.6 Å². The molecule has 0 aliphatic carbocycles. The summed E-state index contributed by atoms with van der Waals surface area (Å²) in [4.78, 5) is 14.1. The van der Waals surface area contributed by atoms with Crippen LogP contribution >= 0.6 is 0 Å². The van der Waals surface area contributed by atoms with Gasteiger partial charge in [0, 0.05) is 13.1 Å². The molecule has 0 atom stereocenters. The van der Waals surface area contributed by atoms with Crippen molar-refractivity contribution in [2.24, 2.45) is 0 Å². The van der Waals surface area contributed by atoms with E-state index in [1.165, 1.54) is 18.2 Å². The SMILES string of the molecule is CCN(Cc1ccc(OC)cc1)C(=O)c1c(O)cccc1O. The van der Waals surface area contributed by atoms with Gasteiger partial charge in [0.1, 0.15) is 22.8 Å². The number of phenolic OH excluding ortho intramolecular Hbond substituents is 2. The van der Waals surface area contributed by atoms with Gasteiger partial charge in [0.15, 0.2) is 0 Å². The summed E-state index contributed by atoms with van der Waals surface area (Å²) in [6.07, 6.45) is 0. The third-order valence-electron chi connectivity index (χ3n) is 3.44. The van der Waals surface area contributed by atoms with Gasteiger partial charge < -0.3 is 19.8 Å². The standard InChI is InChI=1S/C17H19NO4/c1-3-18(11-12-7-9-13(22-2)10-8-12)17(21)16-14(19)5-4-6-15(16)20/h4-10,19-20H,3,11H2,1-2H3. The van der Waals surface area contributed by atoms with E-state index in [1.807, 2.05) is 31.2 Å². The van der Waals surface area contributed by atoms with Crippen LogP contribution in [0.15, 0.2) is 42.5 Å². The Balaban J connectivity index is 2.22. The zero-order chi connectivity index (χ0) is 16.1. The van der Waals surface area contributed by atoms with Crippen LogP contribution < -0.4 is 4.74 Å². The fourth-order valence-corrected chi connectivity index (χ4v) is 2.18. The number of hydrogen-bond acceptors (Lipinski definition) is 4. The molecule has 2 N–H and O–H groups in total. The average molecular weight is 301 g/mol. The number of aromatic hydroxyl groups is 2. The molecule has 0 radical (unpaired) electrons. The Morgan fingerprint density at radius 2 is 1.68 bits per heavy atom. The molecule has 0 aromatic heterocycles. The van der Waals surface area contributed by atoms with Gasteiger partial charge in [-0.1, -0.05) is 18.2 Å². The first-order valence-corrected chi connectivity index (χ1v) is 7.00. The molecule has 0 unspecified atom stereocenters. The summed E-state index contributed by atoms with van der Waals surface area (Å²) in [7, 11) is 1.60. The lowest BCUT2D eigenvalue weighted by molar-refractivity contribution is 0.0746. The van der Waals surface area contributed by atoms with Crippen LogP contribution in [0.3, 0.4) is 0 Å². The van der Waals surface area contributed by atoms with Crippen molar-refractivity contribution in [1.82, 2.24) is 4.90 Å². The summed E-state index contributed by atoms with van der Waals surface area (Å²) < 4.78 is 5.10. The van der Waals surface area contributed by atoms with Crippen LogP contribution in [0.1, 0.15) is 22.8 Å². The number of carbonyl (C=O) groups is 1. The van der Waals surface area contributed by atoms with Crippen molar-refractivity contribution in [2.75, 3.05) is 13.7 Å². The Bertz CT molecular complexity index is 632. The van der Waals surface area contributed by atoms with Crippen LogP contribution in [0, 0.1) is 0 Å². The average Bonchev–Trinajstić information content (AvgIpc) is 2.52. The fraction of sp³-hybridized carbons (Fsp3) is 0.235. The van der Waals surface area contributed by atoms with Gasteiger partial charge in [0.2, 0.25) is 0 Å². The number of benzene rings is 2. The van der Waals surface area contributed by atoms with Crippen molar-refractivity contribution >= 4 is 5.91 Å². The van der Waals surface area contributed by atoms with Gasteiger partial charge in [-0.15, -0.1) is 0 Å². The Morgan fingerprint density at radius 3 is 2.18 bits per heavy atom. The lowest BCUT2D eigenvalue weighted by Gasteiger charge is -2.22. The fourth-order valence-electron chi connectivity index (χ4n) is 2.18. The van der Waals surface area contributed by atoms with Gasteiger partial charge in [-0.3, -0.25) is 4.79 Å². The van der Waals surface area contributed by atoms with E-state index in [4.69, 9.17) is 4.74 Å². The second-order valence-corrected chi connectivity index (χ2v) is 4.84. The molecule has 1 amide bonds. The van der Waals surface area contributed by atoms with Gasteiger partial charge in [0.05, 0.1) is 7.11 Å². The van der Waals surface area contributed by atoms with Crippen LogP contribution in [0.4, 0.5) is 0 Å². The predicted octanol–water partition coefficient (Wildman–Crippen LogP) is 2.77. The van der Waals surface area contributed by atoms with Crippen molar-refractivity contribution < 1.29 is 19.7 Å². The second-order valence-electron chi connectivity index (χ2n) is 4.84.